The first-order valence-electron chi connectivity index (χ1n) is 4.75. The number of benzene rings is 1. The van der Waals surface area contributed by atoms with Crippen LogP contribution in [0.3, 0.4) is 0 Å². The predicted molar refractivity (Wildman–Crippen MR) is 60.7 cm³/mol. The first kappa shape index (κ1) is 16.3. The maximum Gasteiger partial charge on any atom is 0.463 e. The van der Waals surface area contributed by atoms with Crippen molar-refractivity contribution in [2.24, 2.45) is 0 Å². The Bertz CT molecular complexity index is 558. The van der Waals surface area contributed by atoms with Crippen molar-refractivity contribution in [2.45, 2.75) is 12.1 Å². The number of carboxylic acid groups (broad SMARTS) is 1. The van der Waals surface area contributed by atoms with E-state index in [0.29, 0.717) is 0 Å². The van der Waals surface area contributed by atoms with E-state index < -0.39 is 29.7 Å². The fraction of sp³-hybridized carbons (Fsp3) is 0.200. The summed E-state index contributed by atoms with van der Waals surface area (Å²) in [4.78, 5) is 21.6. The fourth-order valence-electron chi connectivity index (χ4n) is 1.08. The molecule has 0 aliphatic carbocycles. The molecule has 0 aliphatic rings. The van der Waals surface area contributed by atoms with Gasteiger partial charge < -0.3 is 10.4 Å². The topological polar surface area (TPSA) is 66.4 Å². The molecular formula is C10H5BrF5NO3. The summed E-state index contributed by atoms with van der Waals surface area (Å²) in [5.74, 6) is -9.63. The standard InChI is InChI=1S/C10H5BrF5NO3/c11-5-2-1-4(7(18)19)3-6(5)17-8(20)9(12,13)10(14,15)16/h1-3H,(H,17,20)(H,18,19). The van der Waals surface area contributed by atoms with Gasteiger partial charge in [-0.15, -0.1) is 0 Å². The summed E-state index contributed by atoms with van der Waals surface area (Å²) in [6.07, 6.45) is -6.05. The van der Waals surface area contributed by atoms with Gasteiger partial charge >= 0.3 is 24.0 Å². The number of anilines is 1. The minimum atomic E-state index is -6.05. The van der Waals surface area contributed by atoms with Crippen LogP contribution in [0.4, 0.5) is 27.6 Å². The third-order valence-corrected chi connectivity index (χ3v) is 2.79. The molecule has 10 heteroatoms. The molecule has 1 amide bonds. The number of rotatable bonds is 3. The Morgan fingerprint density at radius 3 is 2.15 bits per heavy atom. The van der Waals surface area contributed by atoms with E-state index in [2.05, 4.69) is 15.9 Å². The molecule has 0 aliphatic heterocycles. The molecule has 4 nitrogen and oxygen atoms in total. The Balaban J connectivity index is 3.08. The summed E-state index contributed by atoms with van der Waals surface area (Å²) in [7, 11) is 0. The molecule has 0 bridgehead atoms. The second-order valence-corrected chi connectivity index (χ2v) is 4.38. The number of nitrogens with one attached hydrogen (secondary N) is 1. The molecule has 0 saturated carbocycles. The lowest BCUT2D eigenvalue weighted by atomic mass is 10.2. The van der Waals surface area contributed by atoms with Crippen LogP contribution in [0.2, 0.25) is 0 Å². The molecule has 0 saturated heterocycles. The van der Waals surface area contributed by atoms with Crippen LogP contribution in [0.25, 0.3) is 0 Å². The lowest BCUT2D eigenvalue weighted by Gasteiger charge is -2.19. The zero-order chi connectivity index (χ0) is 15.7. The minimum Gasteiger partial charge on any atom is -0.478 e. The summed E-state index contributed by atoms with van der Waals surface area (Å²) < 4.78 is 61.4. The average molecular weight is 362 g/mol. The number of hydrogen-bond donors (Lipinski definition) is 2. The van der Waals surface area contributed by atoms with Gasteiger partial charge in [-0.25, -0.2) is 4.79 Å². The van der Waals surface area contributed by atoms with Gasteiger partial charge in [0.05, 0.1) is 11.3 Å². The first-order valence-corrected chi connectivity index (χ1v) is 5.55. The summed E-state index contributed by atoms with van der Waals surface area (Å²) >= 11 is 2.79. The summed E-state index contributed by atoms with van der Waals surface area (Å²) in [5, 5.41) is 10.0. The van der Waals surface area contributed by atoms with Gasteiger partial charge in [0.15, 0.2) is 0 Å². The Hall–Kier alpha value is -1.71. The number of amides is 1. The molecule has 1 rings (SSSR count). The van der Waals surface area contributed by atoms with E-state index in [4.69, 9.17) is 5.11 Å². The molecule has 0 aromatic heterocycles. The molecule has 0 heterocycles. The van der Waals surface area contributed by atoms with Crippen LogP contribution in [-0.2, 0) is 4.79 Å². The Labute approximate surface area is 116 Å². The van der Waals surface area contributed by atoms with Gasteiger partial charge in [-0.3, -0.25) is 4.79 Å². The van der Waals surface area contributed by atoms with Gasteiger partial charge in [0.2, 0.25) is 0 Å². The van der Waals surface area contributed by atoms with Crippen molar-refractivity contribution >= 4 is 33.5 Å². The third kappa shape index (κ3) is 3.24. The molecule has 1 aromatic rings. The first-order chi connectivity index (χ1) is 8.96. The lowest BCUT2D eigenvalue weighted by Crippen LogP contribution is -2.47. The Morgan fingerprint density at radius 2 is 1.70 bits per heavy atom. The van der Waals surface area contributed by atoms with Crippen LogP contribution in [0.1, 0.15) is 10.4 Å². The molecule has 0 spiro atoms. The number of carbonyl (C=O) groups excluding carboxylic acids is 1. The van der Waals surface area contributed by atoms with E-state index in [0.717, 1.165) is 18.2 Å². The van der Waals surface area contributed by atoms with E-state index in [1.807, 2.05) is 0 Å². The molecular weight excluding hydrogens is 357 g/mol. The van der Waals surface area contributed by atoms with Crippen molar-refractivity contribution in [1.29, 1.82) is 0 Å². The predicted octanol–water partition coefficient (Wildman–Crippen LogP) is 3.28. The highest BCUT2D eigenvalue weighted by molar-refractivity contribution is 9.10. The largest absolute Gasteiger partial charge is 0.478 e. The van der Waals surface area contributed by atoms with Gasteiger partial charge in [0, 0.05) is 4.47 Å². The number of aromatic carboxylic acids is 1. The number of halogens is 6. The third-order valence-electron chi connectivity index (χ3n) is 2.10. The number of hydrogen-bond acceptors (Lipinski definition) is 2. The Kier molecular flexibility index (Phi) is 4.37. The maximum absolute atomic E-state index is 12.7. The molecule has 0 unspecified atom stereocenters. The molecule has 0 atom stereocenters. The molecule has 2 N–H and O–H groups in total. The second-order valence-electron chi connectivity index (χ2n) is 3.53. The quantitative estimate of drug-likeness (QED) is 0.812. The van der Waals surface area contributed by atoms with Crippen LogP contribution >= 0.6 is 15.9 Å². The normalized spacial score (nSPS) is 12.1. The van der Waals surface area contributed by atoms with E-state index in [9.17, 15) is 31.5 Å². The average Bonchev–Trinajstić information content (AvgIpc) is 2.29. The second kappa shape index (κ2) is 5.35. The van der Waals surface area contributed by atoms with Crippen molar-refractivity contribution in [3.63, 3.8) is 0 Å². The summed E-state index contributed by atoms with van der Waals surface area (Å²) in [6.45, 7) is 0. The monoisotopic (exact) mass is 361 g/mol. The zero-order valence-electron chi connectivity index (χ0n) is 9.26. The fourth-order valence-corrected chi connectivity index (χ4v) is 1.43. The van der Waals surface area contributed by atoms with Gasteiger partial charge in [-0.05, 0) is 34.1 Å². The molecule has 20 heavy (non-hydrogen) atoms. The minimum absolute atomic E-state index is 0.0474. The van der Waals surface area contributed by atoms with Crippen molar-refractivity contribution in [1.82, 2.24) is 0 Å². The van der Waals surface area contributed by atoms with Crippen LogP contribution in [0, 0.1) is 0 Å². The van der Waals surface area contributed by atoms with Crippen molar-refractivity contribution in [3.8, 4) is 0 Å². The number of alkyl halides is 5. The van der Waals surface area contributed by atoms with Gasteiger partial charge in [-0.1, -0.05) is 0 Å². The number of carboxylic acids is 1. The summed E-state index contributed by atoms with van der Waals surface area (Å²) in [6, 6.07) is 2.91. The van der Waals surface area contributed by atoms with Crippen molar-refractivity contribution < 1.29 is 36.6 Å². The number of carbonyl (C=O) groups is 2. The van der Waals surface area contributed by atoms with Crippen LogP contribution in [0.5, 0.6) is 0 Å². The van der Waals surface area contributed by atoms with E-state index in [1.165, 1.54) is 5.32 Å². The van der Waals surface area contributed by atoms with Crippen molar-refractivity contribution in [2.75, 3.05) is 5.32 Å². The SMILES string of the molecule is O=C(O)c1ccc(Br)c(NC(=O)C(F)(F)C(F)(F)F)c1. The molecule has 0 fully saturated rings. The smallest absolute Gasteiger partial charge is 0.463 e. The Morgan fingerprint density at radius 1 is 1.15 bits per heavy atom. The zero-order valence-corrected chi connectivity index (χ0v) is 10.8. The maximum atomic E-state index is 12.7. The summed E-state index contributed by atoms with van der Waals surface area (Å²) in [5.41, 5.74) is -0.905. The van der Waals surface area contributed by atoms with Crippen LogP contribution in [0.15, 0.2) is 22.7 Å². The molecule has 1 aromatic carbocycles. The molecule has 110 valence electrons. The highest BCUT2D eigenvalue weighted by atomic mass is 79.9. The molecule has 0 radical (unpaired) electrons. The van der Waals surface area contributed by atoms with Crippen LogP contribution < -0.4 is 5.32 Å². The van der Waals surface area contributed by atoms with Crippen LogP contribution in [-0.4, -0.2) is 29.1 Å². The van der Waals surface area contributed by atoms with Gasteiger partial charge in [-0.2, -0.15) is 22.0 Å². The van der Waals surface area contributed by atoms with Crippen molar-refractivity contribution in [3.05, 3.63) is 28.2 Å². The highest BCUT2D eigenvalue weighted by Gasteiger charge is 2.63. The van der Waals surface area contributed by atoms with E-state index in [1.54, 1.807) is 0 Å². The van der Waals surface area contributed by atoms with Gasteiger partial charge in [0.25, 0.3) is 0 Å². The van der Waals surface area contributed by atoms with Gasteiger partial charge in [0.1, 0.15) is 0 Å². The highest BCUT2D eigenvalue weighted by Crippen LogP contribution is 2.37. The van der Waals surface area contributed by atoms with E-state index in [-0.39, 0.29) is 10.0 Å². The van der Waals surface area contributed by atoms with E-state index >= 15 is 0 Å². The lowest BCUT2D eigenvalue weighted by molar-refractivity contribution is -0.267.